The zero-order chi connectivity index (χ0) is 22.4. The van der Waals surface area contributed by atoms with Gasteiger partial charge in [-0.15, -0.1) is 6.07 Å². The molecule has 3 aliphatic carbocycles. The maximum atomic E-state index is 12.8. The zero-order valence-electron chi connectivity index (χ0n) is 19.2. The summed E-state index contributed by atoms with van der Waals surface area (Å²) in [6, 6.07) is 12.6. The molecule has 7 rings (SSSR count). The smallest absolute Gasteiger partial charge is 0.376 e. The van der Waals surface area contributed by atoms with Crippen LogP contribution in [-0.4, -0.2) is 26.3 Å². The third-order valence-electron chi connectivity index (χ3n) is 7.67. The van der Waals surface area contributed by atoms with Gasteiger partial charge in [0, 0.05) is 17.1 Å². The molecule has 7 heteroatoms. The van der Waals surface area contributed by atoms with E-state index >= 15 is 0 Å². The van der Waals surface area contributed by atoms with Crippen molar-refractivity contribution in [2.24, 2.45) is 17.3 Å². The molecule has 0 amide bonds. The topological polar surface area (TPSA) is 80.6 Å². The maximum Gasteiger partial charge on any atom is 1.00 e. The first-order valence-electron chi connectivity index (χ1n) is 11.5. The van der Waals surface area contributed by atoms with E-state index in [1.807, 2.05) is 30.6 Å². The van der Waals surface area contributed by atoms with Gasteiger partial charge in [0.2, 0.25) is 0 Å². The number of carbonyl (C=O) groups excluding carboxylic acids is 1. The average molecular weight is 460 g/mol. The van der Waals surface area contributed by atoms with Gasteiger partial charge in [0.1, 0.15) is 0 Å². The first kappa shape index (κ1) is 23.2. The molecule has 0 aliphatic heterocycles. The predicted octanol–water partition coefficient (Wildman–Crippen LogP) is 1.31. The van der Waals surface area contributed by atoms with Gasteiger partial charge in [0.25, 0.3) is 5.56 Å². The van der Waals surface area contributed by atoms with E-state index < -0.39 is 0 Å². The summed E-state index contributed by atoms with van der Waals surface area (Å²) in [4.78, 5) is 23.6. The van der Waals surface area contributed by atoms with Crippen LogP contribution < -0.4 is 35.1 Å². The summed E-state index contributed by atoms with van der Waals surface area (Å²) < 4.78 is 1.39. The van der Waals surface area contributed by atoms with Crippen LogP contribution in [0.25, 0.3) is 21.9 Å². The fourth-order valence-corrected chi connectivity index (χ4v) is 5.65. The molecule has 3 fully saturated rings. The summed E-state index contributed by atoms with van der Waals surface area (Å²) >= 11 is 0. The molecule has 6 nitrogen and oxygen atoms in total. The summed E-state index contributed by atoms with van der Waals surface area (Å²) in [5.41, 5.74) is 3.80. The molecule has 2 heterocycles. The van der Waals surface area contributed by atoms with E-state index in [0.29, 0.717) is 17.5 Å². The number of fused-ring (bicyclic) bond motifs is 1. The standard InChI is InChI=1S/C19H13N4O2.C8H11.Na/c24-12-14-3-1-2-13(6-14)11-23-19(25)18-7-15(17-8-20-21-9-17)4-5-16(18)10-22-23;1-2-7-5-8(7)4-3-6(1)8;/h1-10H,11H2,(H,20,21);4,6-7H,1-3,5H2;/q2*-1;+1. The number of nitrogens with zero attached hydrogens (tertiary/aromatic N) is 3. The van der Waals surface area contributed by atoms with Crippen molar-refractivity contribution in [1.82, 2.24) is 20.0 Å². The monoisotopic (exact) mass is 459 g/mol. The van der Waals surface area contributed by atoms with Crippen molar-refractivity contribution in [2.75, 3.05) is 0 Å². The summed E-state index contributed by atoms with van der Waals surface area (Å²) in [7, 11) is 0. The molecule has 1 spiro atoms. The molecule has 3 atom stereocenters. The number of hydrogen-bond donors (Lipinski definition) is 1. The number of H-pyrrole nitrogens is 1. The second kappa shape index (κ2) is 9.25. The Bertz CT molecular complexity index is 1390. The van der Waals surface area contributed by atoms with Crippen LogP contribution in [0.1, 0.15) is 36.8 Å². The Morgan fingerprint density at radius 1 is 1.12 bits per heavy atom. The van der Waals surface area contributed by atoms with Crippen molar-refractivity contribution in [3.05, 3.63) is 89.0 Å². The van der Waals surface area contributed by atoms with Crippen LogP contribution in [0.15, 0.2) is 65.8 Å². The van der Waals surface area contributed by atoms with Gasteiger partial charge in [-0.1, -0.05) is 54.9 Å². The Morgan fingerprint density at radius 3 is 2.65 bits per heavy atom. The molecule has 34 heavy (non-hydrogen) atoms. The van der Waals surface area contributed by atoms with Gasteiger partial charge < -0.3 is 11.2 Å². The van der Waals surface area contributed by atoms with E-state index in [0.717, 1.165) is 33.4 Å². The summed E-state index contributed by atoms with van der Waals surface area (Å²) in [5, 5.41) is 12.3. The fourth-order valence-electron chi connectivity index (χ4n) is 5.65. The van der Waals surface area contributed by atoms with E-state index in [9.17, 15) is 9.59 Å². The second-order valence-corrected chi connectivity index (χ2v) is 9.43. The number of aromatic nitrogens is 4. The second-order valence-electron chi connectivity index (χ2n) is 9.43. The summed E-state index contributed by atoms with van der Waals surface area (Å²) in [5.74, 6) is 2.33. The molecule has 0 saturated heterocycles. The van der Waals surface area contributed by atoms with Crippen LogP contribution in [0.3, 0.4) is 0 Å². The minimum atomic E-state index is -0.177. The van der Waals surface area contributed by atoms with Crippen LogP contribution >= 0.6 is 0 Å². The van der Waals surface area contributed by atoms with Crippen LogP contribution in [0, 0.1) is 23.7 Å². The third-order valence-corrected chi connectivity index (χ3v) is 7.67. The van der Waals surface area contributed by atoms with E-state index in [4.69, 9.17) is 0 Å². The number of hydrogen-bond acceptors (Lipinski definition) is 4. The minimum Gasteiger partial charge on any atom is -0.376 e. The predicted molar refractivity (Wildman–Crippen MR) is 126 cm³/mol. The number of aromatic amines is 1. The largest absolute Gasteiger partial charge is 1.00 e. The maximum absolute atomic E-state index is 12.8. The normalized spacial score (nSPS) is 23.5. The molecule has 3 saturated carbocycles. The molecule has 3 unspecified atom stereocenters. The van der Waals surface area contributed by atoms with Crippen LogP contribution in [0.4, 0.5) is 0 Å². The molecule has 1 N–H and O–H groups in total. The zero-order valence-corrected chi connectivity index (χ0v) is 21.2. The van der Waals surface area contributed by atoms with Gasteiger partial charge >= 0.3 is 29.6 Å². The molecule has 2 aromatic heterocycles. The first-order valence-corrected chi connectivity index (χ1v) is 11.5. The van der Waals surface area contributed by atoms with Crippen LogP contribution in [-0.2, 0) is 11.3 Å². The van der Waals surface area contributed by atoms with Crippen molar-refractivity contribution >= 4 is 17.1 Å². The molecule has 4 aromatic rings. The van der Waals surface area contributed by atoms with E-state index in [1.165, 1.54) is 17.0 Å². The van der Waals surface area contributed by atoms with Crippen molar-refractivity contribution in [3.63, 3.8) is 0 Å². The Labute approximate surface area is 220 Å². The third kappa shape index (κ3) is 4.08. The number of rotatable bonds is 4. The fraction of sp³-hybridized carbons (Fsp3) is 0.296. The van der Waals surface area contributed by atoms with Crippen molar-refractivity contribution in [2.45, 2.75) is 32.2 Å². The molecule has 166 valence electrons. The summed E-state index contributed by atoms with van der Waals surface area (Å²) in [6.45, 7) is 0.292. The van der Waals surface area contributed by atoms with Crippen LogP contribution in [0.5, 0.6) is 0 Å². The van der Waals surface area contributed by atoms with Crippen molar-refractivity contribution in [3.8, 4) is 11.1 Å². The number of nitrogens with one attached hydrogen (secondary N) is 1. The Morgan fingerprint density at radius 2 is 2.00 bits per heavy atom. The van der Waals surface area contributed by atoms with Crippen molar-refractivity contribution < 1.29 is 34.4 Å². The Hall–Kier alpha value is -2.54. The molecule has 2 aromatic carbocycles. The molecular weight excluding hydrogens is 435 g/mol. The van der Waals surface area contributed by atoms with Crippen molar-refractivity contribution in [1.29, 1.82) is 0 Å². The van der Waals surface area contributed by atoms with Gasteiger partial charge in [-0.2, -0.15) is 39.7 Å². The SMILES string of the molecule is O=[C-]c1cccc(Cn2ncc3ccc(-c4cn[nH]c4)cc3c2=O)c1.[CH-]1CC2CCC3CC123.[Na+]. The quantitative estimate of drug-likeness (QED) is 0.369. The Balaban J connectivity index is 0.000000221. The minimum absolute atomic E-state index is 0. The van der Waals surface area contributed by atoms with E-state index in [-0.39, 0.29) is 35.1 Å². The molecule has 0 radical (unpaired) electrons. The van der Waals surface area contributed by atoms with Gasteiger partial charge in [0.15, 0.2) is 0 Å². The summed E-state index contributed by atoms with van der Waals surface area (Å²) in [6.07, 6.45) is 15.7. The Kier molecular flexibility index (Phi) is 6.32. The van der Waals surface area contributed by atoms with E-state index in [2.05, 4.69) is 21.7 Å². The van der Waals surface area contributed by atoms with Gasteiger partial charge in [0.05, 0.1) is 30.6 Å². The molecule has 3 aliphatic rings. The molecular formula is C27H24N4NaO2-. The van der Waals surface area contributed by atoms with Gasteiger partial charge in [-0.05, 0) is 11.6 Å². The molecule has 0 bridgehead atoms. The average Bonchev–Trinajstić information content (AvgIpc) is 3.23. The van der Waals surface area contributed by atoms with Crippen LogP contribution in [0.2, 0.25) is 0 Å². The van der Waals surface area contributed by atoms with E-state index in [1.54, 1.807) is 56.1 Å². The van der Waals surface area contributed by atoms with Gasteiger partial charge in [-0.25, -0.2) is 4.68 Å². The first-order chi connectivity index (χ1) is 16.2. The van der Waals surface area contributed by atoms with Gasteiger partial charge in [-0.3, -0.25) is 9.89 Å². The number of benzene rings is 2.